The number of quaternary nitrogens is 1. The average Bonchev–Trinajstić information content (AvgIpc) is 1.33. The molecule has 7 heavy (non-hydrogen) atoms. The van der Waals surface area contributed by atoms with E-state index in [-0.39, 0.29) is 0 Å². The summed E-state index contributed by atoms with van der Waals surface area (Å²) in [5, 5.41) is 2.00. The fourth-order valence-electron chi connectivity index (χ4n) is 0. The first-order valence-electron chi connectivity index (χ1n) is 1.72. The van der Waals surface area contributed by atoms with Crippen molar-refractivity contribution in [3.05, 3.63) is 0 Å². The molecule has 0 heterocycles. The van der Waals surface area contributed by atoms with Gasteiger partial charge in [0, 0.05) is 0 Å². The molecule has 2 N–H and O–H groups in total. The molecule has 0 rings (SSSR count). The second-order valence-corrected chi connectivity index (χ2v) is 85.2. The zero-order valence-corrected chi connectivity index (χ0v) is 14.6. The Morgan fingerprint density at radius 3 is 1.14 bits per heavy atom. The van der Waals surface area contributed by atoms with E-state index in [1.807, 2.05) is 19.4 Å². The molecule has 5 heteroatoms. The van der Waals surface area contributed by atoms with Gasteiger partial charge in [0.15, 0.2) is 0 Å². The number of nitrogens with two attached hydrogens (primary N) is 1. The van der Waals surface area contributed by atoms with E-state index in [9.17, 15) is 0 Å². The van der Waals surface area contributed by atoms with Crippen LogP contribution in [0.25, 0.3) is 0 Å². The topological polar surface area (TPSA) is 16.6 Å². The molecule has 0 saturated carbocycles. The fourth-order valence-corrected chi connectivity index (χ4v) is 0. The Morgan fingerprint density at radius 1 is 1.14 bits per heavy atom. The molecule has 0 radical (unpaired) electrons. The quantitative estimate of drug-likeness (QED) is 0.304. The first-order chi connectivity index (χ1) is 3.15. The van der Waals surface area contributed by atoms with Crippen molar-refractivity contribution in [2.24, 2.45) is 0 Å². The van der Waals surface area contributed by atoms with Crippen LogP contribution in [-0.2, 0) is 0 Å². The van der Waals surface area contributed by atoms with Gasteiger partial charge >= 0.3 is 63.1 Å². The number of hydrogen-bond donors (Lipinski definition) is 1. The van der Waals surface area contributed by atoms with Crippen LogP contribution >= 0.6 is 53.3 Å². The monoisotopic (exact) mass is 635 g/mol. The van der Waals surface area contributed by atoms with Gasteiger partial charge in [-0.05, 0) is 0 Å². The molecule has 0 fully saturated rings. The first kappa shape index (κ1) is 12.7. The van der Waals surface area contributed by atoms with Gasteiger partial charge < -0.3 is 5.32 Å². The normalized spacial score (nSPS) is 6.43. The van der Waals surface area contributed by atoms with Crippen LogP contribution in [-0.4, -0.2) is 23.9 Å². The summed E-state index contributed by atoms with van der Waals surface area (Å²) in [6.45, 7) is 0. The van der Waals surface area contributed by atoms with E-state index in [0.717, 1.165) is 0 Å². The molecular formula is C2H8I3NPb+2. The molecule has 44 valence electrons. The summed E-state index contributed by atoms with van der Waals surface area (Å²) >= 11 is 7.59. The molecule has 0 aliphatic rings. The van der Waals surface area contributed by atoms with Crippen molar-refractivity contribution in [3.63, 3.8) is 0 Å². The third kappa shape index (κ3) is 48.1. The van der Waals surface area contributed by atoms with Gasteiger partial charge in [0.05, 0.1) is 14.1 Å². The van der Waals surface area contributed by atoms with Crippen molar-refractivity contribution < 1.29 is 5.32 Å². The van der Waals surface area contributed by atoms with Gasteiger partial charge in [0.2, 0.25) is 0 Å². The van der Waals surface area contributed by atoms with Gasteiger partial charge in [-0.1, -0.05) is 0 Å². The number of rotatable bonds is 0. The van der Waals surface area contributed by atoms with Gasteiger partial charge in [-0.25, -0.2) is 0 Å². The first-order valence-corrected chi connectivity index (χ1v) is 34.5. The third-order valence-electron chi connectivity index (χ3n) is 0. The van der Waals surface area contributed by atoms with Crippen LogP contribution in [0, 0.1) is 0 Å². The Bertz CT molecular complexity index is 24.1. The minimum atomic E-state index is -0.747. The molecule has 0 atom stereocenters. The van der Waals surface area contributed by atoms with Gasteiger partial charge in [-0.2, -0.15) is 0 Å². The predicted octanol–water partition coefficient (Wildman–Crippen LogP) is 1.09. The van der Waals surface area contributed by atoms with Crippen molar-refractivity contribution in [1.29, 1.82) is 0 Å². The van der Waals surface area contributed by atoms with Crippen molar-refractivity contribution in [2.75, 3.05) is 14.1 Å². The number of halogens is 3. The Kier molecular flexibility index (Phi) is 21.5. The Hall–Kier alpha value is 3.07. The van der Waals surface area contributed by atoms with E-state index in [4.69, 9.17) is 0 Å². The Morgan fingerprint density at radius 2 is 1.14 bits per heavy atom. The van der Waals surface area contributed by atoms with Crippen molar-refractivity contribution >= 4 is 63.1 Å². The van der Waals surface area contributed by atoms with Crippen LogP contribution in [0.1, 0.15) is 0 Å². The molecule has 0 saturated heterocycles. The van der Waals surface area contributed by atoms with Crippen molar-refractivity contribution in [1.82, 2.24) is 0 Å². The average molecular weight is 634 g/mol. The van der Waals surface area contributed by atoms with Crippen LogP contribution in [0.3, 0.4) is 0 Å². The molecule has 0 unspecified atom stereocenters. The van der Waals surface area contributed by atoms with E-state index >= 15 is 0 Å². The van der Waals surface area contributed by atoms with E-state index in [1.165, 1.54) is 0 Å². The summed E-state index contributed by atoms with van der Waals surface area (Å²) in [4.78, 5) is 0. The molecule has 0 amide bonds. The summed E-state index contributed by atoms with van der Waals surface area (Å²) in [7, 11) is 3.25. The zero-order chi connectivity index (χ0) is 6.28. The van der Waals surface area contributed by atoms with Gasteiger partial charge in [0.25, 0.3) is 0 Å². The Labute approximate surface area is 80.2 Å². The third-order valence-corrected chi connectivity index (χ3v) is 0. The molecule has 0 aromatic heterocycles. The van der Waals surface area contributed by atoms with E-state index in [1.54, 1.807) is 0 Å². The second-order valence-electron chi connectivity index (χ2n) is 0.792. The van der Waals surface area contributed by atoms with Gasteiger partial charge in [-0.15, -0.1) is 0 Å². The maximum atomic E-state index is 2.53. The molecule has 0 aliphatic carbocycles. The van der Waals surface area contributed by atoms with Crippen LogP contribution in [0.4, 0.5) is 0 Å². The molecule has 0 spiro atoms. The summed E-state index contributed by atoms with van der Waals surface area (Å²) in [5.41, 5.74) is 0. The van der Waals surface area contributed by atoms with E-state index in [2.05, 4.69) is 53.3 Å². The minimum absolute atomic E-state index is 0.747. The van der Waals surface area contributed by atoms with E-state index < -0.39 is 9.82 Å². The molecule has 0 aromatic rings. The summed E-state index contributed by atoms with van der Waals surface area (Å²) in [5.74, 6) is 0. The molecular weight excluding hydrogens is 626 g/mol. The molecule has 0 aromatic carbocycles. The van der Waals surface area contributed by atoms with Crippen LogP contribution in [0.5, 0.6) is 0 Å². The summed E-state index contributed by atoms with van der Waals surface area (Å²) in [6.07, 6.45) is 0. The van der Waals surface area contributed by atoms with E-state index in [0.29, 0.717) is 0 Å². The second kappa shape index (κ2) is 11.8. The molecule has 0 bridgehead atoms. The Balaban J connectivity index is 0. The summed E-state index contributed by atoms with van der Waals surface area (Å²) < 4.78 is 0. The standard InChI is InChI=1S/C2H7N.3HI.Pb/c1-3-2;;;;/h3H,1-2H3;3*1H;/q;;;;+4/p-2. The maximum absolute atomic E-state index is 2.53. The van der Waals surface area contributed by atoms with Crippen molar-refractivity contribution in [2.45, 2.75) is 0 Å². The SMILES string of the molecule is C[NH2+]C.[I][Pb+]([I])[I]. The van der Waals surface area contributed by atoms with Crippen LogP contribution in [0.15, 0.2) is 0 Å². The zero-order valence-electron chi connectivity index (χ0n) is 4.21. The summed E-state index contributed by atoms with van der Waals surface area (Å²) in [6, 6.07) is 0. The van der Waals surface area contributed by atoms with Gasteiger partial charge in [0.1, 0.15) is 0 Å². The fraction of sp³-hybridized carbons (Fsp3) is 1.00. The van der Waals surface area contributed by atoms with Crippen LogP contribution in [0.2, 0.25) is 0 Å². The predicted molar refractivity (Wildman–Crippen MR) is 61.6 cm³/mol. The number of hydrogen-bond acceptors (Lipinski definition) is 0. The van der Waals surface area contributed by atoms with Gasteiger partial charge in [-0.3, -0.25) is 0 Å². The molecule has 0 aliphatic heterocycles. The van der Waals surface area contributed by atoms with Crippen molar-refractivity contribution in [3.8, 4) is 0 Å². The van der Waals surface area contributed by atoms with Crippen LogP contribution < -0.4 is 5.32 Å². The molecule has 1 nitrogen and oxygen atoms in total.